The van der Waals surface area contributed by atoms with Crippen molar-refractivity contribution < 1.29 is 4.79 Å². The van der Waals surface area contributed by atoms with Gasteiger partial charge in [0.05, 0.1) is 12.5 Å². The van der Waals surface area contributed by atoms with Gasteiger partial charge in [0.1, 0.15) is 0 Å². The van der Waals surface area contributed by atoms with Gasteiger partial charge in [-0.15, -0.1) is 0 Å². The predicted molar refractivity (Wildman–Crippen MR) is 78.4 cm³/mol. The summed E-state index contributed by atoms with van der Waals surface area (Å²) < 4.78 is 0. The molecule has 0 atom stereocenters. The summed E-state index contributed by atoms with van der Waals surface area (Å²) in [4.78, 5) is 14.2. The molecule has 2 rings (SSSR count). The summed E-state index contributed by atoms with van der Waals surface area (Å²) in [7, 11) is 2.10. The standard InChI is InChI=1S/C15H20N4O/c1-19-10-7-14(8-11-19)18-15(20)17-13-4-2-12(3-5-13)6-9-16/h2-5,14H,6-8,10-11H2,1H3,(H2,17,18,20). The topological polar surface area (TPSA) is 68.2 Å². The molecule has 1 saturated heterocycles. The van der Waals surface area contributed by atoms with Crippen molar-refractivity contribution in [3.05, 3.63) is 29.8 Å². The SMILES string of the molecule is CN1CCC(NC(=O)Nc2ccc(CC#N)cc2)CC1. The molecule has 0 unspecified atom stereocenters. The maximum atomic E-state index is 11.9. The minimum absolute atomic E-state index is 0.160. The molecule has 1 aliphatic heterocycles. The zero-order valence-electron chi connectivity index (χ0n) is 11.7. The van der Waals surface area contributed by atoms with E-state index in [0.717, 1.165) is 37.2 Å². The molecule has 0 spiro atoms. The largest absolute Gasteiger partial charge is 0.335 e. The molecule has 0 aromatic heterocycles. The van der Waals surface area contributed by atoms with Gasteiger partial charge in [-0.1, -0.05) is 12.1 Å². The van der Waals surface area contributed by atoms with Crippen molar-refractivity contribution in [1.82, 2.24) is 10.2 Å². The van der Waals surface area contributed by atoms with Gasteiger partial charge in [-0.05, 0) is 50.7 Å². The quantitative estimate of drug-likeness (QED) is 0.884. The number of nitrogens with one attached hydrogen (secondary N) is 2. The lowest BCUT2D eigenvalue weighted by Gasteiger charge is -2.29. The van der Waals surface area contributed by atoms with Gasteiger partial charge in [0.2, 0.25) is 0 Å². The van der Waals surface area contributed by atoms with E-state index in [1.807, 2.05) is 24.3 Å². The Bertz CT molecular complexity index is 484. The third-order valence-electron chi connectivity index (χ3n) is 3.55. The normalized spacial score (nSPS) is 16.4. The second kappa shape index (κ2) is 6.92. The van der Waals surface area contributed by atoms with Crippen LogP contribution >= 0.6 is 0 Å². The lowest BCUT2D eigenvalue weighted by Crippen LogP contribution is -2.44. The summed E-state index contributed by atoms with van der Waals surface area (Å²) in [6.07, 6.45) is 2.37. The first kappa shape index (κ1) is 14.4. The van der Waals surface area contributed by atoms with E-state index in [1.54, 1.807) is 0 Å². The molecule has 5 heteroatoms. The van der Waals surface area contributed by atoms with Crippen molar-refractivity contribution >= 4 is 11.7 Å². The molecular formula is C15H20N4O. The number of urea groups is 1. The third kappa shape index (κ3) is 4.25. The Balaban J connectivity index is 1.80. The van der Waals surface area contributed by atoms with Gasteiger partial charge in [-0.3, -0.25) is 0 Å². The number of piperidine rings is 1. The average Bonchev–Trinajstić information content (AvgIpc) is 2.44. The summed E-state index contributed by atoms with van der Waals surface area (Å²) in [6.45, 7) is 2.04. The minimum Gasteiger partial charge on any atom is -0.335 e. The molecular weight excluding hydrogens is 252 g/mol. The summed E-state index contributed by atoms with van der Waals surface area (Å²) in [5.74, 6) is 0. The molecule has 0 saturated carbocycles. The summed E-state index contributed by atoms with van der Waals surface area (Å²) in [5.41, 5.74) is 1.70. The molecule has 1 fully saturated rings. The number of likely N-dealkylation sites (tertiary alicyclic amines) is 1. The molecule has 0 bridgehead atoms. The van der Waals surface area contributed by atoms with Crippen LogP contribution < -0.4 is 10.6 Å². The number of hydrogen-bond acceptors (Lipinski definition) is 3. The van der Waals surface area contributed by atoms with Gasteiger partial charge in [0.25, 0.3) is 0 Å². The highest BCUT2D eigenvalue weighted by Gasteiger charge is 2.18. The van der Waals surface area contributed by atoms with Gasteiger partial charge >= 0.3 is 6.03 Å². The number of rotatable bonds is 3. The third-order valence-corrected chi connectivity index (χ3v) is 3.55. The van der Waals surface area contributed by atoms with E-state index in [0.29, 0.717) is 6.42 Å². The van der Waals surface area contributed by atoms with Crippen LogP contribution in [0.2, 0.25) is 0 Å². The monoisotopic (exact) mass is 272 g/mol. The first-order valence-corrected chi connectivity index (χ1v) is 6.89. The number of benzene rings is 1. The molecule has 1 heterocycles. The van der Waals surface area contributed by atoms with Gasteiger partial charge in [-0.25, -0.2) is 4.79 Å². The van der Waals surface area contributed by atoms with Crippen molar-refractivity contribution in [3.8, 4) is 6.07 Å². The van der Waals surface area contributed by atoms with E-state index in [4.69, 9.17) is 5.26 Å². The summed E-state index contributed by atoms with van der Waals surface area (Å²) in [6, 6.07) is 9.54. The van der Waals surface area contributed by atoms with Gasteiger partial charge in [0.15, 0.2) is 0 Å². The van der Waals surface area contributed by atoms with E-state index in [2.05, 4.69) is 28.7 Å². The molecule has 2 N–H and O–H groups in total. The number of carbonyl (C=O) groups is 1. The van der Waals surface area contributed by atoms with E-state index in [-0.39, 0.29) is 12.1 Å². The Kier molecular flexibility index (Phi) is 4.97. The minimum atomic E-state index is -0.160. The van der Waals surface area contributed by atoms with Gasteiger partial charge in [-0.2, -0.15) is 5.26 Å². The Morgan fingerprint density at radius 1 is 1.35 bits per heavy atom. The lowest BCUT2D eigenvalue weighted by molar-refractivity contribution is 0.221. The zero-order chi connectivity index (χ0) is 14.4. The molecule has 2 amide bonds. The Morgan fingerprint density at radius 3 is 2.60 bits per heavy atom. The lowest BCUT2D eigenvalue weighted by atomic mass is 10.1. The molecule has 5 nitrogen and oxygen atoms in total. The number of nitriles is 1. The zero-order valence-corrected chi connectivity index (χ0v) is 11.7. The number of amides is 2. The maximum absolute atomic E-state index is 11.9. The highest BCUT2D eigenvalue weighted by Crippen LogP contribution is 2.11. The number of nitrogens with zero attached hydrogens (tertiary/aromatic N) is 2. The van der Waals surface area contributed by atoms with Crippen LogP contribution in [-0.4, -0.2) is 37.1 Å². The Morgan fingerprint density at radius 2 is 2.00 bits per heavy atom. The molecule has 106 valence electrons. The Hall–Kier alpha value is -2.06. The van der Waals surface area contributed by atoms with Crippen LogP contribution in [0.5, 0.6) is 0 Å². The number of anilines is 1. The van der Waals surface area contributed by atoms with Crippen LogP contribution in [0.3, 0.4) is 0 Å². The fourth-order valence-electron chi connectivity index (χ4n) is 2.30. The van der Waals surface area contributed by atoms with E-state index < -0.39 is 0 Å². The first-order chi connectivity index (χ1) is 9.67. The van der Waals surface area contributed by atoms with E-state index in [1.165, 1.54) is 0 Å². The highest BCUT2D eigenvalue weighted by atomic mass is 16.2. The number of carbonyl (C=O) groups excluding carboxylic acids is 1. The highest BCUT2D eigenvalue weighted by molar-refractivity contribution is 5.89. The van der Waals surface area contributed by atoms with E-state index in [9.17, 15) is 4.79 Å². The number of hydrogen-bond donors (Lipinski definition) is 2. The van der Waals surface area contributed by atoms with Crippen molar-refractivity contribution in [1.29, 1.82) is 5.26 Å². The molecule has 0 radical (unpaired) electrons. The fourth-order valence-corrected chi connectivity index (χ4v) is 2.30. The summed E-state index contributed by atoms with van der Waals surface area (Å²) >= 11 is 0. The summed E-state index contributed by atoms with van der Waals surface area (Å²) in [5, 5.41) is 14.4. The molecule has 1 aromatic rings. The van der Waals surface area contributed by atoms with Crippen LogP contribution in [0.4, 0.5) is 10.5 Å². The predicted octanol–water partition coefficient (Wildman–Crippen LogP) is 1.97. The Labute approximate surface area is 119 Å². The van der Waals surface area contributed by atoms with Crippen molar-refractivity contribution in [2.45, 2.75) is 25.3 Å². The van der Waals surface area contributed by atoms with Crippen LogP contribution in [0.25, 0.3) is 0 Å². The maximum Gasteiger partial charge on any atom is 0.319 e. The second-order valence-corrected chi connectivity index (χ2v) is 5.21. The van der Waals surface area contributed by atoms with Crippen molar-refractivity contribution in [2.75, 3.05) is 25.5 Å². The molecule has 1 aromatic carbocycles. The van der Waals surface area contributed by atoms with Gasteiger partial charge < -0.3 is 15.5 Å². The second-order valence-electron chi connectivity index (χ2n) is 5.21. The van der Waals surface area contributed by atoms with Gasteiger partial charge in [0, 0.05) is 11.7 Å². The van der Waals surface area contributed by atoms with Crippen LogP contribution in [0.1, 0.15) is 18.4 Å². The van der Waals surface area contributed by atoms with Crippen molar-refractivity contribution in [2.24, 2.45) is 0 Å². The molecule has 1 aliphatic rings. The van der Waals surface area contributed by atoms with E-state index >= 15 is 0 Å². The molecule has 20 heavy (non-hydrogen) atoms. The molecule has 0 aliphatic carbocycles. The van der Waals surface area contributed by atoms with Crippen LogP contribution in [0, 0.1) is 11.3 Å². The average molecular weight is 272 g/mol. The van der Waals surface area contributed by atoms with Crippen molar-refractivity contribution in [3.63, 3.8) is 0 Å². The fraction of sp³-hybridized carbons (Fsp3) is 0.467. The first-order valence-electron chi connectivity index (χ1n) is 6.89. The van der Waals surface area contributed by atoms with Crippen LogP contribution in [-0.2, 0) is 6.42 Å². The van der Waals surface area contributed by atoms with Crippen LogP contribution in [0.15, 0.2) is 24.3 Å². The smallest absolute Gasteiger partial charge is 0.319 e.